The summed E-state index contributed by atoms with van der Waals surface area (Å²) in [5, 5.41) is 2.58. The van der Waals surface area contributed by atoms with E-state index in [0.717, 1.165) is 6.42 Å². The van der Waals surface area contributed by atoms with Gasteiger partial charge in [-0.25, -0.2) is 4.79 Å². The number of rotatable bonds is 4. The molecule has 136 valence electrons. The lowest BCUT2D eigenvalue weighted by atomic mass is 10.2. The Balaban J connectivity index is 2.37. The molecule has 1 aliphatic heterocycles. The molecule has 1 aliphatic rings. The number of hydrogen-bond donors (Lipinski definition) is 1. The standard InChI is InChI=1S/C17H29N3O4/c1-13(2)15(22)20-10-6-9-19(11-12-20)14(21)7-8-18-16(23)24-17(3,4)5/h1,6-12H2,2-5H3,(H,18,23). The number of nitrogens with one attached hydrogen (secondary N) is 1. The van der Waals surface area contributed by atoms with Crippen LogP contribution in [0.15, 0.2) is 12.2 Å². The first-order chi connectivity index (χ1) is 11.1. The number of carbonyl (C=O) groups is 3. The summed E-state index contributed by atoms with van der Waals surface area (Å²) in [4.78, 5) is 39.2. The van der Waals surface area contributed by atoms with Gasteiger partial charge in [-0.3, -0.25) is 9.59 Å². The normalized spacial score (nSPS) is 15.5. The van der Waals surface area contributed by atoms with Crippen molar-refractivity contribution in [1.82, 2.24) is 15.1 Å². The Morgan fingerprint density at radius 3 is 2.25 bits per heavy atom. The second kappa shape index (κ2) is 8.70. The first kappa shape index (κ1) is 20.0. The molecule has 0 aromatic rings. The van der Waals surface area contributed by atoms with Gasteiger partial charge >= 0.3 is 6.09 Å². The van der Waals surface area contributed by atoms with Gasteiger partial charge in [-0.1, -0.05) is 6.58 Å². The minimum atomic E-state index is -0.557. The molecule has 0 spiro atoms. The quantitative estimate of drug-likeness (QED) is 0.788. The highest BCUT2D eigenvalue weighted by Crippen LogP contribution is 2.08. The Hall–Kier alpha value is -2.05. The molecule has 1 N–H and O–H groups in total. The fourth-order valence-electron chi connectivity index (χ4n) is 2.38. The Morgan fingerprint density at radius 1 is 1.08 bits per heavy atom. The Bertz CT molecular complexity index is 497. The van der Waals surface area contributed by atoms with Gasteiger partial charge in [0, 0.05) is 44.7 Å². The maximum Gasteiger partial charge on any atom is 0.407 e. The minimum absolute atomic E-state index is 0.0318. The Kier molecular flexibility index (Phi) is 7.25. The van der Waals surface area contributed by atoms with Gasteiger partial charge in [-0.05, 0) is 34.1 Å². The first-order valence-electron chi connectivity index (χ1n) is 8.29. The van der Waals surface area contributed by atoms with E-state index in [0.29, 0.717) is 31.8 Å². The molecule has 0 unspecified atom stereocenters. The third-order valence-electron chi connectivity index (χ3n) is 3.51. The summed E-state index contributed by atoms with van der Waals surface area (Å²) in [5.41, 5.74) is -0.0469. The predicted molar refractivity (Wildman–Crippen MR) is 91.4 cm³/mol. The molecule has 0 saturated carbocycles. The van der Waals surface area contributed by atoms with Gasteiger partial charge < -0.3 is 19.9 Å². The van der Waals surface area contributed by atoms with Gasteiger partial charge in [-0.2, -0.15) is 0 Å². The maximum absolute atomic E-state index is 12.2. The summed E-state index contributed by atoms with van der Waals surface area (Å²) in [6, 6.07) is 0. The van der Waals surface area contributed by atoms with Crippen molar-refractivity contribution >= 4 is 17.9 Å². The minimum Gasteiger partial charge on any atom is -0.444 e. The number of amides is 3. The summed E-state index contributed by atoms with van der Waals surface area (Å²) in [6.07, 6.45) is 0.433. The van der Waals surface area contributed by atoms with Crippen LogP contribution < -0.4 is 5.32 Å². The molecule has 1 fully saturated rings. The zero-order valence-electron chi connectivity index (χ0n) is 15.2. The van der Waals surface area contributed by atoms with Crippen LogP contribution in [0.4, 0.5) is 4.79 Å². The highest BCUT2D eigenvalue weighted by molar-refractivity contribution is 5.92. The lowest BCUT2D eigenvalue weighted by Crippen LogP contribution is -2.39. The summed E-state index contributed by atoms with van der Waals surface area (Å²) in [5.74, 6) is -0.0911. The van der Waals surface area contributed by atoms with E-state index < -0.39 is 11.7 Å². The lowest BCUT2D eigenvalue weighted by Gasteiger charge is -2.23. The zero-order chi connectivity index (χ0) is 18.3. The van der Waals surface area contributed by atoms with E-state index in [1.165, 1.54) is 0 Å². The molecule has 0 aromatic carbocycles. The molecular formula is C17H29N3O4. The molecule has 3 amide bonds. The van der Waals surface area contributed by atoms with Crippen molar-refractivity contribution in [3.05, 3.63) is 12.2 Å². The molecule has 0 aliphatic carbocycles. The topological polar surface area (TPSA) is 79.0 Å². The Morgan fingerprint density at radius 2 is 1.67 bits per heavy atom. The molecular weight excluding hydrogens is 310 g/mol. The molecule has 0 aromatic heterocycles. The van der Waals surface area contributed by atoms with Crippen LogP contribution in [0.5, 0.6) is 0 Å². The summed E-state index contributed by atoms with van der Waals surface area (Å²) < 4.78 is 5.12. The van der Waals surface area contributed by atoms with Crippen molar-refractivity contribution in [2.24, 2.45) is 0 Å². The molecule has 0 atom stereocenters. The van der Waals surface area contributed by atoms with E-state index in [1.54, 1.807) is 37.5 Å². The van der Waals surface area contributed by atoms with Crippen molar-refractivity contribution in [1.29, 1.82) is 0 Å². The van der Waals surface area contributed by atoms with E-state index in [-0.39, 0.29) is 24.8 Å². The highest BCUT2D eigenvalue weighted by Gasteiger charge is 2.22. The average molecular weight is 339 g/mol. The van der Waals surface area contributed by atoms with E-state index in [1.807, 2.05) is 0 Å². The Labute approximate surface area is 144 Å². The largest absolute Gasteiger partial charge is 0.444 e. The second-order valence-corrected chi connectivity index (χ2v) is 6.99. The van der Waals surface area contributed by atoms with E-state index in [9.17, 15) is 14.4 Å². The van der Waals surface area contributed by atoms with Crippen molar-refractivity contribution in [3.63, 3.8) is 0 Å². The van der Waals surface area contributed by atoms with Crippen LogP contribution >= 0.6 is 0 Å². The van der Waals surface area contributed by atoms with Crippen LogP contribution in [0.2, 0.25) is 0 Å². The van der Waals surface area contributed by atoms with Gasteiger partial charge in [0.15, 0.2) is 0 Å². The van der Waals surface area contributed by atoms with Gasteiger partial charge in [0.05, 0.1) is 0 Å². The fraction of sp³-hybridized carbons (Fsp3) is 0.706. The first-order valence-corrected chi connectivity index (χ1v) is 8.29. The third-order valence-corrected chi connectivity index (χ3v) is 3.51. The van der Waals surface area contributed by atoms with E-state index >= 15 is 0 Å². The molecule has 0 radical (unpaired) electrons. The molecule has 1 saturated heterocycles. The summed E-state index contributed by atoms with van der Waals surface area (Å²) >= 11 is 0. The lowest BCUT2D eigenvalue weighted by molar-refractivity contribution is -0.132. The number of alkyl carbamates (subject to hydrolysis) is 1. The fourth-order valence-corrected chi connectivity index (χ4v) is 2.38. The molecule has 1 rings (SSSR count). The van der Waals surface area contributed by atoms with Gasteiger partial charge in [0.1, 0.15) is 5.60 Å². The zero-order valence-corrected chi connectivity index (χ0v) is 15.2. The van der Waals surface area contributed by atoms with Crippen LogP contribution in [-0.4, -0.2) is 66.0 Å². The SMILES string of the molecule is C=C(C)C(=O)N1CCCN(C(=O)CCNC(=O)OC(C)(C)C)CC1. The average Bonchev–Trinajstić information content (AvgIpc) is 2.70. The molecule has 7 heteroatoms. The van der Waals surface area contributed by atoms with Crippen LogP contribution in [0.25, 0.3) is 0 Å². The van der Waals surface area contributed by atoms with Crippen molar-refractivity contribution in [3.8, 4) is 0 Å². The van der Waals surface area contributed by atoms with Gasteiger partial charge in [0.2, 0.25) is 11.8 Å². The molecule has 1 heterocycles. The second-order valence-electron chi connectivity index (χ2n) is 6.99. The number of carbonyl (C=O) groups excluding carboxylic acids is 3. The van der Waals surface area contributed by atoms with Crippen LogP contribution in [0.3, 0.4) is 0 Å². The van der Waals surface area contributed by atoms with E-state index in [2.05, 4.69) is 11.9 Å². The number of nitrogens with zero attached hydrogens (tertiary/aromatic N) is 2. The molecule has 24 heavy (non-hydrogen) atoms. The van der Waals surface area contributed by atoms with Crippen LogP contribution in [-0.2, 0) is 14.3 Å². The number of ether oxygens (including phenoxy) is 1. The predicted octanol–water partition coefficient (Wildman–Crippen LogP) is 1.54. The van der Waals surface area contributed by atoms with Crippen LogP contribution in [0.1, 0.15) is 40.5 Å². The maximum atomic E-state index is 12.2. The number of hydrogen-bond acceptors (Lipinski definition) is 4. The molecule has 0 bridgehead atoms. The summed E-state index contributed by atoms with van der Waals surface area (Å²) in [6.45, 7) is 13.2. The van der Waals surface area contributed by atoms with Crippen LogP contribution in [0, 0.1) is 0 Å². The smallest absolute Gasteiger partial charge is 0.407 e. The summed E-state index contributed by atoms with van der Waals surface area (Å²) in [7, 11) is 0. The highest BCUT2D eigenvalue weighted by atomic mass is 16.6. The van der Waals surface area contributed by atoms with E-state index in [4.69, 9.17) is 4.74 Å². The van der Waals surface area contributed by atoms with Gasteiger partial charge in [-0.15, -0.1) is 0 Å². The molecule has 7 nitrogen and oxygen atoms in total. The van der Waals surface area contributed by atoms with Crippen molar-refractivity contribution < 1.29 is 19.1 Å². The van der Waals surface area contributed by atoms with Crippen molar-refractivity contribution in [2.75, 3.05) is 32.7 Å². The van der Waals surface area contributed by atoms with Gasteiger partial charge in [0.25, 0.3) is 0 Å². The van der Waals surface area contributed by atoms with Crippen molar-refractivity contribution in [2.45, 2.75) is 46.1 Å². The monoisotopic (exact) mass is 339 g/mol. The third kappa shape index (κ3) is 7.02.